The molecule has 0 aliphatic rings. The maximum Gasteiger partial charge on any atom is 0.224 e. The lowest BCUT2D eigenvalue weighted by molar-refractivity contribution is -0.131. The molecule has 4 heteroatoms. The third-order valence-corrected chi connectivity index (χ3v) is 2.71. The summed E-state index contributed by atoms with van der Waals surface area (Å²) >= 11 is 0. The second-order valence-electron chi connectivity index (χ2n) is 4.52. The van der Waals surface area contributed by atoms with Gasteiger partial charge in [-0.05, 0) is 25.5 Å². The van der Waals surface area contributed by atoms with Crippen LogP contribution in [0.4, 0.5) is 0 Å². The number of furan rings is 1. The molecule has 1 aromatic heterocycles. The molecule has 1 unspecified atom stereocenters. The Labute approximate surface area is 103 Å². The molecule has 1 atom stereocenters. The molecule has 0 saturated carbocycles. The summed E-state index contributed by atoms with van der Waals surface area (Å²) in [6, 6.07) is 3.76. The van der Waals surface area contributed by atoms with E-state index in [4.69, 9.17) is 10.2 Å². The Morgan fingerprint density at radius 3 is 2.76 bits per heavy atom. The minimum atomic E-state index is -0.0340. The predicted octanol–water partition coefficient (Wildman–Crippen LogP) is 2.06. The van der Waals surface area contributed by atoms with E-state index in [1.54, 1.807) is 11.9 Å². The molecular weight excluding hydrogens is 216 g/mol. The van der Waals surface area contributed by atoms with Crippen LogP contribution in [0.3, 0.4) is 0 Å². The van der Waals surface area contributed by atoms with Crippen molar-refractivity contribution in [1.29, 1.82) is 0 Å². The lowest BCUT2D eigenvalue weighted by Gasteiger charge is -2.18. The zero-order chi connectivity index (χ0) is 12.8. The molecule has 1 amide bonds. The summed E-state index contributed by atoms with van der Waals surface area (Å²) in [7, 11) is 1.78. The molecule has 0 radical (unpaired) electrons. The maximum absolute atomic E-state index is 11.8. The normalized spacial score (nSPS) is 12.5. The lowest BCUT2D eigenvalue weighted by Crippen LogP contribution is -2.32. The van der Waals surface area contributed by atoms with Crippen LogP contribution in [0.15, 0.2) is 16.5 Å². The average molecular weight is 238 g/mol. The third kappa shape index (κ3) is 4.61. The smallest absolute Gasteiger partial charge is 0.224 e. The molecule has 1 rings (SSSR count). The SMILES string of the molecule is CCCC(N)CC(=O)N(C)Cc1ccc(C)o1. The molecule has 1 aromatic rings. The van der Waals surface area contributed by atoms with Crippen LogP contribution in [0.1, 0.15) is 37.7 Å². The molecule has 0 saturated heterocycles. The van der Waals surface area contributed by atoms with E-state index >= 15 is 0 Å². The van der Waals surface area contributed by atoms with Crippen molar-refractivity contribution in [3.05, 3.63) is 23.7 Å². The number of aryl methyl sites for hydroxylation is 1. The molecule has 0 fully saturated rings. The van der Waals surface area contributed by atoms with Gasteiger partial charge >= 0.3 is 0 Å². The predicted molar refractivity (Wildman–Crippen MR) is 67.4 cm³/mol. The van der Waals surface area contributed by atoms with Crippen LogP contribution >= 0.6 is 0 Å². The van der Waals surface area contributed by atoms with Crippen molar-refractivity contribution in [3.63, 3.8) is 0 Å². The number of hydrogen-bond donors (Lipinski definition) is 1. The molecule has 0 aliphatic heterocycles. The van der Waals surface area contributed by atoms with Gasteiger partial charge in [-0.15, -0.1) is 0 Å². The molecule has 0 aliphatic carbocycles. The lowest BCUT2D eigenvalue weighted by atomic mass is 10.1. The van der Waals surface area contributed by atoms with Crippen molar-refractivity contribution in [3.8, 4) is 0 Å². The minimum absolute atomic E-state index is 0.0340. The van der Waals surface area contributed by atoms with Gasteiger partial charge in [0.2, 0.25) is 5.91 Å². The highest BCUT2D eigenvalue weighted by molar-refractivity contribution is 5.76. The van der Waals surface area contributed by atoms with Gasteiger partial charge in [0.15, 0.2) is 0 Å². The van der Waals surface area contributed by atoms with Gasteiger partial charge in [-0.25, -0.2) is 0 Å². The fourth-order valence-corrected chi connectivity index (χ4v) is 1.75. The molecule has 1 heterocycles. The number of carbonyl (C=O) groups is 1. The Morgan fingerprint density at radius 1 is 1.53 bits per heavy atom. The fourth-order valence-electron chi connectivity index (χ4n) is 1.75. The van der Waals surface area contributed by atoms with Crippen molar-refractivity contribution < 1.29 is 9.21 Å². The third-order valence-electron chi connectivity index (χ3n) is 2.71. The molecule has 2 N–H and O–H groups in total. The highest BCUT2D eigenvalue weighted by Gasteiger charge is 2.14. The van der Waals surface area contributed by atoms with Gasteiger partial charge in [-0.2, -0.15) is 0 Å². The van der Waals surface area contributed by atoms with E-state index in [9.17, 15) is 4.79 Å². The first-order valence-corrected chi connectivity index (χ1v) is 6.07. The second-order valence-corrected chi connectivity index (χ2v) is 4.52. The van der Waals surface area contributed by atoms with Crippen LogP contribution < -0.4 is 5.73 Å². The van der Waals surface area contributed by atoms with Crippen molar-refractivity contribution in [2.45, 2.75) is 45.7 Å². The minimum Gasteiger partial charge on any atom is -0.464 e. The second kappa shape index (κ2) is 6.45. The van der Waals surface area contributed by atoms with E-state index in [0.29, 0.717) is 13.0 Å². The van der Waals surface area contributed by atoms with Gasteiger partial charge < -0.3 is 15.1 Å². The number of carbonyl (C=O) groups excluding carboxylic acids is 1. The zero-order valence-corrected chi connectivity index (χ0v) is 10.9. The highest BCUT2D eigenvalue weighted by Crippen LogP contribution is 2.10. The molecular formula is C13H22N2O2. The van der Waals surface area contributed by atoms with E-state index in [-0.39, 0.29) is 11.9 Å². The summed E-state index contributed by atoms with van der Waals surface area (Å²) in [6.07, 6.45) is 2.30. The first-order chi connectivity index (χ1) is 8.02. The number of rotatable bonds is 6. The van der Waals surface area contributed by atoms with Crippen LogP contribution in [0.2, 0.25) is 0 Å². The topological polar surface area (TPSA) is 59.5 Å². The fraction of sp³-hybridized carbons (Fsp3) is 0.615. The van der Waals surface area contributed by atoms with E-state index in [1.807, 2.05) is 19.1 Å². The maximum atomic E-state index is 11.8. The monoisotopic (exact) mass is 238 g/mol. The molecule has 4 nitrogen and oxygen atoms in total. The summed E-state index contributed by atoms with van der Waals surface area (Å²) in [4.78, 5) is 13.5. The van der Waals surface area contributed by atoms with Gasteiger partial charge in [-0.3, -0.25) is 4.79 Å². The van der Waals surface area contributed by atoms with Crippen LogP contribution in [0.5, 0.6) is 0 Å². The number of nitrogens with two attached hydrogens (primary N) is 1. The summed E-state index contributed by atoms with van der Waals surface area (Å²) in [5.41, 5.74) is 5.85. The highest BCUT2D eigenvalue weighted by atomic mass is 16.3. The summed E-state index contributed by atoms with van der Waals surface area (Å²) in [6.45, 7) is 4.47. The van der Waals surface area contributed by atoms with Gasteiger partial charge in [-0.1, -0.05) is 13.3 Å². The Bertz CT molecular complexity index is 360. The van der Waals surface area contributed by atoms with Crippen LogP contribution in [0, 0.1) is 6.92 Å². The number of amides is 1. The first-order valence-electron chi connectivity index (χ1n) is 6.07. The first kappa shape index (κ1) is 13.8. The Hall–Kier alpha value is -1.29. The van der Waals surface area contributed by atoms with Gasteiger partial charge in [0.25, 0.3) is 0 Å². The van der Waals surface area contributed by atoms with E-state index in [2.05, 4.69) is 6.92 Å². The van der Waals surface area contributed by atoms with Gasteiger partial charge in [0.05, 0.1) is 6.54 Å². The van der Waals surface area contributed by atoms with Crippen molar-refractivity contribution in [1.82, 2.24) is 4.90 Å². The van der Waals surface area contributed by atoms with Gasteiger partial charge in [0, 0.05) is 19.5 Å². The van der Waals surface area contributed by atoms with E-state index < -0.39 is 0 Å². The van der Waals surface area contributed by atoms with Gasteiger partial charge in [0.1, 0.15) is 11.5 Å². The summed E-state index contributed by atoms with van der Waals surface area (Å²) in [5, 5.41) is 0. The molecule has 17 heavy (non-hydrogen) atoms. The van der Waals surface area contributed by atoms with Crippen LogP contribution in [-0.2, 0) is 11.3 Å². The number of hydrogen-bond acceptors (Lipinski definition) is 3. The number of nitrogens with zero attached hydrogens (tertiary/aromatic N) is 1. The van der Waals surface area contributed by atoms with Crippen molar-refractivity contribution in [2.75, 3.05) is 7.05 Å². The van der Waals surface area contributed by atoms with Crippen molar-refractivity contribution >= 4 is 5.91 Å². The summed E-state index contributed by atoms with van der Waals surface area (Å²) in [5.74, 6) is 1.74. The molecule has 0 spiro atoms. The molecule has 0 bridgehead atoms. The van der Waals surface area contributed by atoms with Crippen LogP contribution in [0.25, 0.3) is 0 Å². The molecule has 0 aromatic carbocycles. The standard InChI is InChI=1S/C13H22N2O2/c1-4-5-11(14)8-13(16)15(3)9-12-7-6-10(2)17-12/h6-7,11H,4-5,8-9,14H2,1-3H3. The Kier molecular flexibility index (Phi) is 5.22. The van der Waals surface area contributed by atoms with Crippen LogP contribution in [-0.4, -0.2) is 23.9 Å². The average Bonchev–Trinajstić information content (AvgIpc) is 2.64. The zero-order valence-electron chi connectivity index (χ0n) is 10.9. The quantitative estimate of drug-likeness (QED) is 0.825. The Morgan fingerprint density at radius 2 is 2.24 bits per heavy atom. The summed E-state index contributed by atoms with van der Waals surface area (Å²) < 4.78 is 5.43. The largest absolute Gasteiger partial charge is 0.464 e. The molecule has 96 valence electrons. The van der Waals surface area contributed by atoms with Crippen molar-refractivity contribution in [2.24, 2.45) is 5.73 Å². The van der Waals surface area contributed by atoms with E-state index in [1.165, 1.54) is 0 Å². The Balaban J connectivity index is 2.41. The van der Waals surface area contributed by atoms with E-state index in [0.717, 1.165) is 24.4 Å².